The van der Waals surface area contributed by atoms with Gasteiger partial charge in [-0.1, -0.05) is 24.3 Å². The van der Waals surface area contributed by atoms with E-state index >= 15 is 0 Å². The Kier molecular flexibility index (Phi) is 5.15. The number of allylic oxidation sites excluding steroid dienone is 2. The number of hydrogen-bond donors (Lipinski definition) is 0. The second kappa shape index (κ2) is 7.09. The van der Waals surface area contributed by atoms with Crippen LogP contribution in [0.15, 0.2) is 36.4 Å². The summed E-state index contributed by atoms with van der Waals surface area (Å²) in [6.45, 7) is -0.253. The van der Waals surface area contributed by atoms with Crippen molar-refractivity contribution in [3.8, 4) is 6.07 Å². The van der Waals surface area contributed by atoms with Gasteiger partial charge in [0.1, 0.15) is 0 Å². The van der Waals surface area contributed by atoms with Gasteiger partial charge in [0, 0.05) is 0 Å². The molecule has 0 amide bonds. The molecule has 0 heterocycles. The summed E-state index contributed by atoms with van der Waals surface area (Å²) in [7, 11) is 0. The molecule has 19 heavy (non-hydrogen) atoms. The first kappa shape index (κ1) is 13.8. The Hall–Kier alpha value is -1.62. The van der Waals surface area contributed by atoms with Crippen molar-refractivity contribution < 1.29 is 4.39 Å². The Labute approximate surface area is 114 Å². The summed E-state index contributed by atoms with van der Waals surface area (Å²) in [4.78, 5) is 0. The fourth-order valence-electron chi connectivity index (χ4n) is 2.83. The molecule has 0 radical (unpaired) electrons. The number of nitrogens with zero attached hydrogens (tertiary/aromatic N) is 1. The largest absolute Gasteiger partial charge is 0.251 e. The van der Waals surface area contributed by atoms with Crippen LogP contribution < -0.4 is 0 Å². The number of halogens is 1. The Morgan fingerprint density at radius 3 is 2.42 bits per heavy atom. The van der Waals surface area contributed by atoms with Crippen LogP contribution in [0.2, 0.25) is 0 Å². The summed E-state index contributed by atoms with van der Waals surface area (Å²) in [6.07, 6.45) is 9.48. The smallest absolute Gasteiger partial charge is 0.0991 e. The van der Waals surface area contributed by atoms with E-state index in [2.05, 4.69) is 24.3 Å². The first-order valence-corrected chi connectivity index (χ1v) is 7.06. The SMILES string of the molecule is N#Cc1ccc(C2CCC(C=CCCF)CC2)cc1. The van der Waals surface area contributed by atoms with Crippen LogP contribution in [0.5, 0.6) is 0 Å². The Morgan fingerprint density at radius 1 is 1.16 bits per heavy atom. The number of hydrogen-bond acceptors (Lipinski definition) is 1. The fourth-order valence-corrected chi connectivity index (χ4v) is 2.83. The van der Waals surface area contributed by atoms with Crippen LogP contribution in [0.3, 0.4) is 0 Å². The van der Waals surface area contributed by atoms with Gasteiger partial charge in [-0.05, 0) is 61.6 Å². The van der Waals surface area contributed by atoms with Crippen LogP contribution in [0.4, 0.5) is 4.39 Å². The summed E-state index contributed by atoms with van der Waals surface area (Å²) in [5.74, 6) is 1.25. The maximum absolute atomic E-state index is 12.0. The average molecular weight is 257 g/mol. The molecule has 0 aliphatic heterocycles. The predicted octanol–water partition coefficient (Wildman–Crippen LogP) is 4.75. The highest BCUT2D eigenvalue weighted by molar-refractivity contribution is 5.33. The van der Waals surface area contributed by atoms with Crippen molar-refractivity contribution in [3.63, 3.8) is 0 Å². The molecule has 2 heteroatoms. The minimum absolute atomic E-state index is 0.253. The summed E-state index contributed by atoms with van der Waals surface area (Å²) >= 11 is 0. The fraction of sp³-hybridized carbons (Fsp3) is 0.471. The molecule has 0 atom stereocenters. The Balaban J connectivity index is 1.87. The third-order valence-corrected chi connectivity index (χ3v) is 3.97. The van der Waals surface area contributed by atoms with Gasteiger partial charge in [-0.15, -0.1) is 0 Å². The van der Waals surface area contributed by atoms with Crippen LogP contribution in [0.1, 0.15) is 49.1 Å². The van der Waals surface area contributed by atoms with Crippen molar-refractivity contribution in [2.45, 2.75) is 38.0 Å². The minimum atomic E-state index is -0.253. The molecular formula is C17H20FN. The topological polar surface area (TPSA) is 23.8 Å². The van der Waals surface area contributed by atoms with E-state index in [1.54, 1.807) is 0 Å². The van der Waals surface area contributed by atoms with Gasteiger partial charge < -0.3 is 0 Å². The van der Waals surface area contributed by atoms with Crippen molar-refractivity contribution in [1.29, 1.82) is 5.26 Å². The molecule has 1 fully saturated rings. The molecule has 1 saturated carbocycles. The van der Waals surface area contributed by atoms with Gasteiger partial charge in [0.15, 0.2) is 0 Å². The highest BCUT2D eigenvalue weighted by atomic mass is 19.1. The predicted molar refractivity (Wildman–Crippen MR) is 75.6 cm³/mol. The second-order valence-corrected chi connectivity index (χ2v) is 5.25. The second-order valence-electron chi connectivity index (χ2n) is 5.25. The van der Waals surface area contributed by atoms with Crippen molar-refractivity contribution >= 4 is 0 Å². The first-order chi connectivity index (χ1) is 9.33. The molecule has 2 rings (SSSR count). The van der Waals surface area contributed by atoms with E-state index in [0.717, 1.165) is 5.56 Å². The third-order valence-electron chi connectivity index (χ3n) is 3.97. The van der Waals surface area contributed by atoms with E-state index in [9.17, 15) is 4.39 Å². The maximum atomic E-state index is 12.0. The average Bonchev–Trinajstić information content (AvgIpc) is 2.48. The molecule has 0 bridgehead atoms. The highest BCUT2D eigenvalue weighted by Crippen LogP contribution is 2.36. The zero-order valence-corrected chi connectivity index (χ0v) is 11.2. The molecule has 100 valence electrons. The molecular weight excluding hydrogens is 237 g/mol. The number of rotatable bonds is 4. The molecule has 1 nitrogen and oxygen atoms in total. The molecule has 0 unspecified atom stereocenters. The van der Waals surface area contributed by atoms with E-state index in [1.165, 1.54) is 31.2 Å². The van der Waals surface area contributed by atoms with Gasteiger partial charge in [0.2, 0.25) is 0 Å². The van der Waals surface area contributed by atoms with Gasteiger partial charge in [-0.3, -0.25) is 4.39 Å². The number of nitriles is 1. The van der Waals surface area contributed by atoms with Crippen LogP contribution >= 0.6 is 0 Å². The summed E-state index contributed by atoms with van der Waals surface area (Å²) in [5.41, 5.74) is 2.08. The van der Waals surface area contributed by atoms with Crippen LogP contribution in [0, 0.1) is 17.2 Å². The lowest BCUT2D eigenvalue weighted by Gasteiger charge is -2.27. The van der Waals surface area contributed by atoms with Gasteiger partial charge in [0.25, 0.3) is 0 Å². The molecule has 1 aromatic rings. The highest BCUT2D eigenvalue weighted by Gasteiger charge is 2.20. The maximum Gasteiger partial charge on any atom is 0.0991 e. The lowest BCUT2D eigenvalue weighted by atomic mass is 9.78. The van der Waals surface area contributed by atoms with E-state index in [-0.39, 0.29) is 6.67 Å². The van der Waals surface area contributed by atoms with E-state index in [1.807, 2.05) is 18.2 Å². The van der Waals surface area contributed by atoms with Gasteiger partial charge in [0.05, 0.1) is 18.3 Å². The number of benzene rings is 1. The molecule has 0 saturated heterocycles. The summed E-state index contributed by atoms with van der Waals surface area (Å²) < 4.78 is 12.0. The van der Waals surface area contributed by atoms with Crippen LogP contribution in [-0.4, -0.2) is 6.67 Å². The molecule has 1 aliphatic rings. The summed E-state index contributed by atoms with van der Waals surface area (Å²) in [5, 5.41) is 8.79. The van der Waals surface area contributed by atoms with Crippen LogP contribution in [-0.2, 0) is 0 Å². The molecule has 1 aliphatic carbocycles. The van der Waals surface area contributed by atoms with Crippen LogP contribution in [0.25, 0.3) is 0 Å². The monoisotopic (exact) mass is 257 g/mol. The molecule has 0 spiro atoms. The van der Waals surface area contributed by atoms with Crippen molar-refractivity contribution in [2.24, 2.45) is 5.92 Å². The van der Waals surface area contributed by atoms with E-state index in [0.29, 0.717) is 18.3 Å². The first-order valence-electron chi connectivity index (χ1n) is 7.06. The van der Waals surface area contributed by atoms with Gasteiger partial charge >= 0.3 is 0 Å². The normalized spacial score (nSPS) is 23.4. The molecule has 0 N–H and O–H groups in total. The summed E-state index contributed by atoms with van der Waals surface area (Å²) in [6, 6.07) is 10.1. The Bertz CT molecular complexity index is 447. The van der Waals surface area contributed by atoms with E-state index in [4.69, 9.17) is 5.26 Å². The van der Waals surface area contributed by atoms with Gasteiger partial charge in [-0.2, -0.15) is 5.26 Å². The van der Waals surface area contributed by atoms with Crippen molar-refractivity contribution in [2.75, 3.05) is 6.67 Å². The van der Waals surface area contributed by atoms with Crippen molar-refractivity contribution in [1.82, 2.24) is 0 Å². The standard InChI is InChI=1S/C17H20FN/c18-12-2-1-3-14-4-8-16(9-5-14)17-10-6-15(13-19)7-11-17/h1,3,6-7,10-11,14,16H,2,4-5,8-9,12H2. The van der Waals surface area contributed by atoms with Gasteiger partial charge in [-0.25, -0.2) is 0 Å². The van der Waals surface area contributed by atoms with Crippen molar-refractivity contribution in [3.05, 3.63) is 47.5 Å². The van der Waals surface area contributed by atoms with E-state index < -0.39 is 0 Å². The Morgan fingerprint density at radius 2 is 1.84 bits per heavy atom. The third kappa shape index (κ3) is 3.92. The molecule has 1 aromatic carbocycles. The molecule has 0 aromatic heterocycles. The zero-order valence-electron chi connectivity index (χ0n) is 11.2. The quantitative estimate of drug-likeness (QED) is 0.714. The zero-order chi connectivity index (χ0) is 13.5. The lowest BCUT2D eigenvalue weighted by molar-refractivity contribution is 0.375. The number of alkyl halides is 1. The minimum Gasteiger partial charge on any atom is -0.251 e. The lowest BCUT2D eigenvalue weighted by Crippen LogP contribution is -2.11.